The van der Waals surface area contributed by atoms with Crippen LogP contribution in [0.3, 0.4) is 0 Å². The molecule has 4 aliphatic carbocycles. The number of Topliss-reactive ketones (excluding diaryl/α,β-unsaturated/α-hetero) is 1. The average Bonchev–Trinajstić information content (AvgIpc) is 3.39. The molecular formula is C31H43FN2O2. The van der Waals surface area contributed by atoms with Gasteiger partial charge in [-0.1, -0.05) is 19.9 Å². The Morgan fingerprint density at radius 3 is 2.72 bits per heavy atom. The van der Waals surface area contributed by atoms with Gasteiger partial charge in [0, 0.05) is 5.92 Å². The molecule has 0 aliphatic heterocycles. The van der Waals surface area contributed by atoms with Gasteiger partial charge in [0.15, 0.2) is 5.78 Å². The van der Waals surface area contributed by atoms with Crippen LogP contribution in [-0.4, -0.2) is 26.1 Å². The molecule has 4 unspecified atom stereocenters. The van der Waals surface area contributed by atoms with Gasteiger partial charge in [-0.15, -0.1) is 0 Å². The van der Waals surface area contributed by atoms with E-state index in [0.717, 1.165) is 74.4 Å². The fourth-order valence-electron chi connectivity index (χ4n) is 9.37. The molecule has 196 valence electrons. The molecule has 0 amide bonds. The number of hydrogen-bond donors (Lipinski definition) is 1. The second-order valence-electron chi connectivity index (χ2n) is 13.7. The molecule has 0 saturated heterocycles. The third kappa shape index (κ3) is 3.70. The Hall–Kier alpha value is -1.75. The highest BCUT2D eigenvalue weighted by Gasteiger charge is 2.62. The standard InChI is InChI=1S/C31H43FN2O2/c1-19-11-14-31(32)21(15-19)5-7-22-23-8-9-25(30(23,4)13-12-24(22)31)28(35)17-34-18-33-26-16-20(29(2,3)36)6-10-27(26)34/h6,10,16,18-19,21-25,36H,5,7-9,11-15,17H2,1-4H3/t19-,21?,22-,23?,24?,25+,30-,31?/m0/s1. The predicted octanol–water partition coefficient (Wildman–Crippen LogP) is 6.83. The minimum Gasteiger partial charge on any atom is -0.386 e. The first-order chi connectivity index (χ1) is 17.0. The minimum atomic E-state index is -0.962. The van der Waals surface area contributed by atoms with Crippen LogP contribution in [0.5, 0.6) is 0 Å². The van der Waals surface area contributed by atoms with Crippen LogP contribution in [0, 0.1) is 40.9 Å². The van der Waals surface area contributed by atoms with Gasteiger partial charge >= 0.3 is 0 Å². The van der Waals surface area contributed by atoms with E-state index >= 15 is 4.39 Å². The van der Waals surface area contributed by atoms with Gasteiger partial charge in [0.25, 0.3) is 0 Å². The number of carbonyl (C=O) groups is 1. The lowest BCUT2D eigenvalue weighted by Gasteiger charge is -2.58. The highest BCUT2D eigenvalue weighted by Crippen LogP contribution is 2.66. The second-order valence-corrected chi connectivity index (χ2v) is 13.7. The molecule has 0 spiro atoms. The lowest BCUT2D eigenvalue weighted by atomic mass is 9.48. The van der Waals surface area contributed by atoms with Crippen LogP contribution >= 0.6 is 0 Å². The number of imidazole rings is 1. The summed E-state index contributed by atoms with van der Waals surface area (Å²) in [7, 11) is 0. The number of carbonyl (C=O) groups excluding carboxylic acids is 1. The smallest absolute Gasteiger partial charge is 0.156 e. The monoisotopic (exact) mass is 494 g/mol. The summed E-state index contributed by atoms with van der Waals surface area (Å²) in [5.74, 6) is 2.42. The topological polar surface area (TPSA) is 55.1 Å². The average molecular weight is 495 g/mol. The summed E-state index contributed by atoms with van der Waals surface area (Å²) in [5.41, 5.74) is 0.675. The van der Waals surface area contributed by atoms with Crippen molar-refractivity contribution in [3.63, 3.8) is 0 Å². The van der Waals surface area contributed by atoms with E-state index in [-0.39, 0.29) is 23.2 Å². The van der Waals surface area contributed by atoms with Gasteiger partial charge in [-0.2, -0.15) is 0 Å². The maximum Gasteiger partial charge on any atom is 0.156 e. The maximum atomic E-state index is 16.6. The molecule has 2 aromatic rings. The van der Waals surface area contributed by atoms with E-state index < -0.39 is 11.3 Å². The van der Waals surface area contributed by atoms with E-state index in [1.165, 1.54) is 0 Å². The van der Waals surface area contributed by atoms with Crippen molar-refractivity contribution in [2.75, 3.05) is 0 Å². The number of nitrogens with zero attached hydrogens (tertiary/aromatic N) is 2. The number of halogens is 1. The molecule has 0 bridgehead atoms. The molecule has 0 radical (unpaired) electrons. The molecule has 4 saturated carbocycles. The summed E-state index contributed by atoms with van der Waals surface area (Å²) in [4.78, 5) is 18.3. The molecule has 36 heavy (non-hydrogen) atoms. The number of alkyl halides is 1. The van der Waals surface area contributed by atoms with E-state index in [1.807, 2.05) is 22.8 Å². The van der Waals surface area contributed by atoms with Gasteiger partial charge < -0.3 is 9.67 Å². The molecule has 4 aliphatic rings. The molecule has 8 atom stereocenters. The van der Waals surface area contributed by atoms with Crippen LogP contribution in [0.4, 0.5) is 4.39 Å². The van der Waals surface area contributed by atoms with Crippen molar-refractivity contribution >= 4 is 16.8 Å². The third-order valence-electron chi connectivity index (χ3n) is 11.3. The van der Waals surface area contributed by atoms with E-state index in [4.69, 9.17) is 0 Å². The van der Waals surface area contributed by atoms with Gasteiger partial charge in [0.1, 0.15) is 5.67 Å². The Bertz CT molecular complexity index is 1170. The number of ketones is 1. The molecule has 4 fully saturated rings. The van der Waals surface area contributed by atoms with E-state index in [1.54, 1.807) is 20.2 Å². The summed E-state index contributed by atoms with van der Waals surface area (Å²) >= 11 is 0. The fraction of sp³-hybridized carbons (Fsp3) is 0.742. The van der Waals surface area contributed by atoms with Crippen LogP contribution in [0.25, 0.3) is 11.0 Å². The molecule has 4 nitrogen and oxygen atoms in total. The molecule has 5 heteroatoms. The minimum absolute atomic E-state index is 0.00608. The summed E-state index contributed by atoms with van der Waals surface area (Å²) in [6.07, 6.45) is 10.8. The van der Waals surface area contributed by atoms with Gasteiger partial charge in [0.2, 0.25) is 0 Å². The van der Waals surface area contributed by atoms with Crippen LogP contribution < -0.4 is 0 Å². The van der Waals surface area contributed by atoms with Crippen molar-refractivity contribution in [3.05, 3.63) is 30.1 Å². The van der Waals surface area contributed by atoms with Crippen molar-refractivity contribution < 1.29 is 14.3 Å². The first-order valence-electron chi connectivity index (χ1n) is 14.4. The van der Waals surface area contributed by atoms with E-state index in [0.29, 0.717) is 30.1 Å². The van der Waals surface area contributed by atoms with Gasteiger partial charge in [0.05, 0.1) is 29.5 Å². The first-order valence-corrected chi connectivity index (χ1v) is 14.4. The normalized spacial score (nSPS) is 40.5. The Labute approximate surface area is 215 Å². The molecular weight excluding hydrogens is 451 g/mol. The number of aliphatic hydroxyl groups is 1. The van der Waals surface area contributed by atoms with Gasteiger partial charge in [-0.3, -0.25) is 4.79 Å². The Morgan fingerprint density at radius 1 is 1.14 bits per heavy atom. The molecule has 1 heterocycles. The molecule has 6 rings (SSSR count). The van der Waals surface area contributed by atoms with Crippen molar-refractivity contribution in [1.29, 1.82) is 0 Å². The largest absolute Gasteiger partial charge is 0.386 e. The van der Waals surface area contributed by atoms with Crippen LogP contribution in [0.15, 0.2) is 24.5 Å². The lowest BCUT2D eigenvalue weighted by molar-refractivity contribution is -0.146. The highest BCUT2D eigenvalue weighted by atomic mass is 19.1. The zero-order valence-electron chi connectivity index (χ0n) is 22.5. The Morgan fingerprint density at radius 2 is 1.94 bits per heavy atom. The summed E-state index contributed by atoms with van der Waals surface area (Å²) in [5, 5.41) is 10.3. The zero-order chi connectivity index (χ0) is 25.5. The number of fused-ring (bicyclic) bond motifs is 6. The summed E-state index contributed by atoms with van der Waals surface area (Å²) in [6, 6.07) is 5.81. The maximum absolute atomic E-state index is 16.6. The third-order valence-corrected chi connectivity index (χ3v) is 11.3. The van der Waals surface area contributed by atoms with E-state index in [2.05, 4.69) is 18.8 Å². The second kappa shape index (κ2) is 8.38. The van der Waals surface area contributed by atoms with Crippen LogP contribution in [0.2, 0.25) is 0 Å². The first kappa shape index (κ1) is 24.6. The van der Waals surface area contributed by atoms with Crippen molar-refractivity contribution in [3.8, 4) is 0 Å². The summed E-state index contributed by atoms with van der Waals surface area (Å²) in [6.45, 7) is 8.53. The lowest BCUT2D eigenvalue weighted by Crippen LogP contribution is -2.56. The van der Waals surface area contributed by atoms with Gasteiger partial charge in [-0.05, 0) is 124 Å². The molecule has 1 N–H and O–H groups in total. The zero-order valence-corrected chi connectivity index (χ0v) is 22.5. The van der Waals surface area contributed by atoms with Crippen molar-refractivity contribution in [2.45, 2.75) is 103 Å². The van der Waals surface area contributed by atoms with Crippen LogP contribution in [-0.2, 0) is 16.9 Å². The Kier molecular flexibility index (Phi) is 5.72. The highest BCUT2D eigenvalue weighted by molar-refractivity contribution is 5.84. The number of rotatable bonds is 4. The Balaban J connectivity index is 1.20. The van der Waals surface area contributed by atoms with Crippen molar-refractivity contribution in [2.24, 2.45) is 40.9 Å². The van der Waals surface area contributed by atoms with Crippen molar-refractivity contribution in [1.82, 2.24) is 9.55 Å². The molecule has 1 aromatic heterocycles. The van der Waals surface area contributed by atoms with Gasteiger partial charge in [-0.25, -0.2) is 9.37 Å². The predicted molar refractivity (Wildman–Crippen MR) is 140 cm³/mol. The fourth-order valence-corrected chi connectivity index (χ4v) is 9.37. The van der Waals surface area contributed by atoms with Crippen LogP contribution in [0.1, 0.15) is 91.0 Å². The number of hydrogen-bond acceptors (Lipinski definition) is 3. The summed E-state index contributed by atoms with van der Waals surface area (Å²) < 4.78 is 18.5. The molecule has 1 aromatic carbocycles. The number of benzene rings is 1. The SMILES string of the molecule is C[C@H]1CCC2(F)C(CC[C@@H]3C2CC[C@@]2(C)C3CC[C@@H]2C(=O)Cn2cnc3cc(C(C)(C)O)ccc32)C1. The number of aromatic nitrogens is 2. The quantitative estimate of drug-likeness (QED) is 0.507. The van der Waals surface area contributed by atoms with E-state index in [9.17, 15) is 9.90 Å².